The smallest absolute Gasteiger partial charge is 0.305 e. The van der Waals surface area contributed by atoms with E-state index in [-0.39, 0.29) is 11.5 Å². The highest BCUT2D eigenvalue weighted by Crippen LogP contribution is 2.13. The van der Waals surface area contributed by atoms with Gasteiger partial charge >= 0.3 is 5.97 Å². The van der Waals surface area contributed by atoms with Crippen LogP contribution in [0.25, 0.3) is 5.69 Å². The van der Waals surface area contributed by atoms with E-state index in [1.54, 1.807) is 9.36 Å². The van der Waals surface area contributed by atoms with E-state index in [1.165, 1.54) is 7.11 Å². The molecule has 2 N–H and O–H groups in total. The molecule has 0 aliphatic heterocycles. The summed E-state index contributed by atoms with van der Waals surface area (Å²) in [5.41, 5.74) is 1.91. The van der Waals surface area contributed by atoms with Crippen molar-refractivity contribution in [2.24, 2.45) is 7.05 Å². The summed E-state index contributed by atoms with van der Waals surface area (Å²) in [6.45, 7) is 2.55. The third-order valence-corrected chi connectivity index (χ3v) is 4.61. The van der Waals surface area contributed by atoms with Crippen LogP contribution in [0.3, 0.4) is 0 Å². The fraction of sp³-hybridized carbons (Fsp3) is 0.421. The zero-order valence-corrected chi connectivity index (χ0v) is 16.8. The molecule has 0 spiro atoms. The van der Waals surface area contributed by atoms with E-state index in [2.05, 4.69) is 15.4 Å². The molecule has 1 aromatic carbocycles. The van der Waals surface area contributed by atoms with Gasteiger partial charge in [-0.15, -0.1) is 0 Å². The highest BCUT2D eigenvalue weighted by atomic mass is 32.1. The van der Waals surface area contributed by atoms with Crippen molar-refractivity contribution in [2.75, 3.05) is 19.0 Å². The van der Waals surface area contributed by atoms with Crippen molar-refractivity contribution in [1.82, 2.24) is 14.7 Å². The second kappa shape index (κ2) is 9.91. The Bertz CT molecular complexity index is 843. The first kappa shape index (κ1) is 20.7. The predicted molar refractivity (Wildman–Crippen MR) is 110 cm³/mol. The Morgan fingerprint density at radius 1 is 1.19 bits per heavy atom. The van der Waals surface area contributed by atoms with Crippen molar-refractivity contribution < 1.29 is 9.53 Å². The van der Waals surface area contributed by atoms with Crippen LogP contribution in [0, 0.1) is 6.92 Å². The van der Waals surface area contributed by atoms with Gasteiger partial charge < -0.3 is 15.4 Å². The Kier molecular flexibility index (Phi) is 7.60. The van der Waals surface area contributed by atoms with Crippen LogP contribution in [0.2, 0.25) is 0 Å². The molecule has 0 saturated carbocycles. The van der Waals surface area contributed by atoms with E-state index < -0.39 is 0 Å². The van der Waals surface area contributed by atoms with Crippen LogP contribution in [0.5, 0.6) is 0 Å². The van der Waals surface area contributed by atoms with E-state index >= 15 is 0 Å². The molecule has 2 aromatic rings. The summed E-state index contributed by atoms with van der Waals surface area (Å²) in [7, 11) is 3.23. The summed E-state index contributed by atoms with van der Waals surface area (Å²) in [4.78, 5) is 23.9. The zero-order valence-electron chi connectivity index (χ0n) is 15.9. The molecular formula is C19H26N4O3S. The van der Waals surface area contributed by atoms with Gasteiger partial charge in [-0.05, 0) is 44.1 Å². The first-order chi connectivity index (χ1) is 13.0. The van der Waals surface area contributed by atoms with Crippen molar-refractivity contribution in [3.05, 3.63) is 46.4 Å². The Balaban J connectivity index is 1.91. The molecule has 0 bridgehead atoms. The molecular weight excluding hydrogens is 364 g/mol. The van der Waals surface area contributed by atoms with Crippen molar-refractivity contribution in [3.63, 3.8) is 0 Å². The van der Waals surface area contributed by atoms with Gasteiger partial charge in [-0.3, -0.25) is 14.3 Å². The number of ether oxygens (including phenoxy) is 1. The number of anilines is 1. The first-order valence-electron chi connectivity index (χ1n) is 8.91. The number of hydrogen-bond acceptors (Lipinski definition) is 4. The lowest BCUT2D eigenvalue weighted by molar-refractivity contribution is -0.140. The second-order valence-corrected chi connectivity index (χ2v) is 6.61. The van der Waals surface area contributed by atoms with Gasteiger partial charge in [0.25, 0.3) is 5.56 Å². The normalized spacial score (nSPS) is 10.5. The maximum Gasteiger partial charge on any atom is 0.305 e. The number of carbonyl (C=O) groups is 1. The topological polar surface area (TPSA) is 77.3 Å². The molecule has 8 heteroatoms. The molecule has 7 nitrogen and oxygen atoms in total. The maximum absolute atomic E-state index is 12.8. The number of thiocarbonyl (C=S) groups is 1. The van der Waals surface area contributed by atoms with Gasteiger partial charge in [0.05, 0.1) is 18.5 Å². The largest absolute Gasteiger partial charge is 0.469 e. The van der Waals surface area contributed by atoms with Gasteiger partial charge in [-0.25, -0.2) is 4.68 Å². The molecule has 0 saturated heterocycles. The fourth-order valence-corrected chi connectivity index (χ4v) is 2.95. The van der Waals surface area contributed by atoms with Crippen molar-refractivity contribution in [2.45, 2.75) is 32.6 Å². The van der Waals surface area contributed by atoms with E-state index in [9.17, 15) is 9.59 Å². The van der Waals surface area contributed by atoms with E-state index in [4.69, 9.17) is 12.2 Å². The number of methoxy groups -OCH3 is 1. The quantitative estimate of drug-likeness (QED) is 0.410. The summed E-state index contributed by atoms with van der Waals surface area (Å²) in [6, 6.07) is 9.46. The highest BCUT2D eigenvalue weighted by molar-refractivity contribution is 7.80. The summed E-state index contributed by atoms with van der Waals surface area (Å²) in [6.07, 6.45) is 2.99. The van der Waals surface area contributed by atoms with Crippen LogP contribution in [0.4, 0.5) is 5.69 Å². The Morgan fingerprint density at radius 2 is 1.89 bits per heavy atom. The van der Waals surface area contributed by atoms with Crippen LogP contribution in [-0.2, 0) is 16.6 Å². The minimum absolute atomic E-state index is 0.150. The molecule has 27 heavy (non-hydrogen) atoms. The van der Waals surface area contributed by atoms with Gasteiger partial charge in [0.2, 0.25) is 0 Å². The van der Waals surface area contributed by atoms with Gasteiger partial charge in [-0.1, -0.05) is 24.6 Å². The maximum atomic E-state index is 12.8. The number of nitrogens with zero attached hydrogens (tertiary/aromatic N) is 2. The third kappa shape index (κ3) is 5.43. The van der Waals surface area contributed by atoms with Gasteiger partial charge in [0.15, 0.2) is 5.11 Å². The van der Waals surface area contributed by atoms with Crippen LogP contribution in [0.1, 0.15) is 31.4 Å². The number of nitrogens with one attached hydrogen (secondary N) is 2. The van der Waals surface area contributed by atoms with E-state index in [0.29, 0.717) is 23.8 Å². The summed E-state index contributed by atoms with van der Waals surface area (Å²) < 4.78 is 8.01. The Morgan fingerprint density at radius 3 is 2.56 bits per heavy atom. The molecule has 2 rings (SSSR count). The molecule has 0 unspecified atom stereocenters. The number of carbonyl (C=O) groups excluding carboxylic acids is 1. The Labute approximate surface area is 164 Å². The minimum atomic E-state index is -0.186. The van der Waals surface area contributed by atoms with Crippen molar-refractivity contribution in [3.8, 4) is 5.69 Å². The monoisotopic (exact) mass is 390 g/mol. The lowest BCUT2D eigenvalue weighted by Crippen LogP contribution is -2.31. The number of aromatic nitrogens is 2. The van der Waals surface area contributed by atoms with Crippen molar-refractivity contribution >= 4 is 29.0 Å². The summed E-state index contributed by atoms with van der Waals surface area (Å²) in [5, 5.41) is 6.53. The van der Waals surface area contributed by atoms with Gasteiger partial charge in [-0.2, -0.15) is 0 Å². The Hall–Kier alpha value is -2.61. The van der Waals surface area contributed by atoms with E-state index in [0.717, 1.165) is 30.6 Å². The van der Waals surface area contributed by atoms with Crippen LogP contribution in [0.15, 0.2) is 35.1 Å². The number of unbranched alkanes of at least 4 members (excludes halogenated alkanes) is 2. The van der Waals surface area contributed by atoms with Gasteiger partial charge in [0, 0.05) is 20.0 Å². The SMILES string of the molecule is COC(=O)CCCCCNC(=S)Nc1c(C)n(C)n(-c2ccccc2)c1=O. The number of para-hydroxylation sites is 1. The van der Waals surface area contributed by atoms with E-state index in [1.807, 2.05) is 44.3 Å². The predicted octanol–water partition coefficient (Wildman–Crippen LogP) is 2.50. The average molecular weight is 391 g/mol. The van der Waals surface area contributed by atoms with Crippen LogP contribution in [-0.4, -0.2) is 34.1 Å². The fourth-order valence-electron chi connectivity index (χ4n) is 2.75. The summed E-state index contributed by atoms with van der Waals surface area (Å²) in [5.74, 6) is -0.186. The zero-order chi connectivity index (χ0) is 19.8. The number of rotatable bonds is 8. The number of hydrogen-bond donors (Lipinski definition) is 2. The van der Waals surface area contributed by atoms with Crippen LogP contribution < -0.4 is 16.2 Å². The molecule has 0 amide bonds. The molecule has 0 radical (unpaired) electrons. The molecule has 0 aliphatic carbocycles. The lowest BCUT2D eigenvalue weighted by atomic mass is 10.2. The van der Waals surface area contributed by atoms with Crippen molar-refractivity contribution in [1.29, 1.82) is 0 Å². The lowest BCUT2D eigenvalue weighted by Gasteiger charge is -2.09. The molecule has 1 aromatic heterocycles. The summed E-state index contributed by atoms with van der Waals surface area (Å²) >= 11 is 5.31. The molecule has 0 aliphatic rings. The first-order valence-corrected chi connectivity index (χ1v) is 9.32. The molecule has 1 heterocycles. The van der Waals surface area contributed by atoms with Crippen LogP contribution >= 0.6 is 12.2 Å². The molecule has 0 atom stereocenters. The number of esters is 1. The standard InChI is InChI=1S/C19H26N4O3S/c1-14-17(18(25)23(22(14)2)15-10-6-4-7-11-15)21-19(27)20-13-9-5-8-12-16(24)26-3/h4,6-7,10-11H,5,8-9,12-13H2,1-3H3,(H2,20,21,27). The molecule has 0 fully saturated rings. The minimum Gasteiger partial charge on any atom is -0.469 e. The molecule has 146 valence electrons. The highest BCUT2D eigenvalue weighted by Gasteiger charge is 2.16. The third-order valence-electron chi connectivity index (χ3n) is 4.36. The number of benzene rings is 1. The van der Waals surface area contributed by atoms with Gasteiger partial charge in [0.1, 0.15) is 5.69 Å². The second-order valence-electron chi connectivity index (χ2n) is 6.20. The average Bonchev–Trinajstić information content (AvgIpc) is 2.88.